The van der Waals surface area contributed by atoms with E-state index in [9.17, 15) is 28.6 Å². The van der Waals surface area contributed by atoms with Crippen LogP contribution in [0.25, 0.3) is 0 Å². The van der Waals surface area contributed by atoms with Crippen LogP contribution >= 0.6 is 23.4 Å². The van der Waals surface area contributed by atoms with Gasteiger partial charge in [-0.05, 0) is 6.92 Å². The minimum absolute atomic E-state index is 0. The largest absolute Gasteiger partial charge is 0.778 e. The van der Waals surface area contributed by atoms with E-state index in [0.29, 0.717) is 6.42 Å². The summed E-state index contributed by atoms with van der Waals surface area (Å²) in [6, 6.07) is 0. The Bertz CT molecular complexity index is 473. The summed E-state index contributed by atoms with van der Waals surface area (Å²) in [4.78, 5) is 22.2. The van der Waals surface area contributed by atoms with Gasteiger partial charge in [0.15, 0.2) is 15.6 Å². The first-order valence-electron chi connectivity index (χ1n) is 5.92. The molecular weight excluding hydrogens is 438 g/mol. The van der Waals surface area contributed by atoms with Gasteiger partial charge >= 0.3 is 0 Å². The number of aliphatic hydroxyl groups is 1. The Balaban J connectivity index is 0.00000441. The summed E-state index contributed by atoms with van der Waals surface area (Å²) < 4.78 is 51.4. The van der Waals surface area contributed by atoms with Gasteiger partial charge in [0.25, 0.3) is 7.82 Å². The molecule has 0 aliphatic carbocycles. The third kappa shape index (κ3) is 8.56. The van der Waals surface area contributed by atoms with Crippen LogP contribution in [-0.2, 0) is 64.5 Å². The number of rotatable bonds is 8. The van der Waals surface area contributed by atoms with Crippen molar-refractivity contribution in [3.05, 3.63) is 0 Å². The van der Waals surface area contributed by atoms with Gasteiger partial charge in [-0.15, -0.1) is 0 Å². The summed E-state index contributed by atoms with van der Waals surface area (Å²) in [5.41, 5.74) is 0. The van der Waals surface area contributed by atoms with Crippen LogP contribution in [0.2, 0.25) is 0 Å². The molecule has 1 heterocycles. The predicted octanol–water partition coefficient (Wildman–Crippen LogP) is -0.344. The molecular formula is C8H17O10P3Y-2. The van der Waals surface area contributed by atoms with E-state index in [2.05, 4.69) is 8.83 Å². The van der Waals surface area contributed by atoms with Crippen molar-refractivity contribution in [2.24, 2.45) is 0 Å². The first kappa shape index (κ1) is 23.5. The SMILES string of the molecule is COP(=O)([O-])OP(=O)([O-])C[PH](=O)OC[C@H]1O[C@@H](C)C[C@H]1O.[Y]. The van der Waals surface area contributed by atoms with Crippen molar-refractivity contribution < 1.29 is 79.4 Å². The third-order valence-electron chi connectivity index (χ3n) is 2.59. The molecule has 0 bridgehead atoms. The average Bonchev–Trinajstić information content (AvgIpc) is 2.63. The number of aliphatic hydroxyl groups excluding tert-OH is 1. The van der Waals surface area contributed by atoms with Crippen molar-refractivity contribution >= 4 is 23.4 Å². The van der Waals surface area contributed by atoms with Crippen molar-refractivity contribution in [3.63, 3.8) is 0 Å². The van der Waals surface area contributed by atoms with Crippen LogP contribution in [0, 0.1) is 0 Å². The van der Waals surface area contributed by atoms with Gasteiger partial charge in [-0.2, -0.15) is 0 Å². The van der Waals surface area contributed by atoms with Crippen molar-refractivity contribution in [3.8, 4) is 0 Å². The maximum Gasteiger partial charge on any atom is 0.272 e. The molecule has 10 nitrogen and oxygen atoms in total. The monoisotopic (exact) mass is 455 g/mol. The van der Waals surface area contributed by atoms with Crippen molar-refractivity contribution in [2.75, 3.05) is 19.6 Å². The Morgan fingerprint density at radius 3 is 2.45 bits per heavy atom. The standard InChI is InChI=1S/C8H19O10P3.Y/c1-6-3-7(9)8(17-6)4-16-19(10)5-20(11,12)18-21(13,14)15-2;/h6-9,19H,3-5H2,1-2H3,(H,11,12)(H,13,14);/p-2/t6-,7+,8+;/m0./s1. The van der Waals surface area contributed by atoms with Gasteiger partial charge in [-0.1, -0.05) is 0 Å². The summed E-state index contributed by atoms with van der Waals surface area (Å²) in [6.07, 6.45) is -1.28. The molecule has 1 rings (SSSR count). The Kier molecular flexibility index (Phi) is 10.5. The Morgan fingerprint density at radius 2 is 2.00 bits per heavy atom. The molecule has 0 spiro atoms. The van der Waals surface area contributed by atoms with Crippen LogP contribution in [0.15, 0.2) is 0 Å². The van der Waals surface area contributed by atoms with Gasteiger partial charge in [0.2, 0.25) is 0 Å². The molecule has 1 aliphatic heterocycles. The molecule has 129 valence electrons. The second kappa shape index (κ2) is 9.86. The molecule has 0 amide bonds. The number of hydrogen-bond donors (Lipinski definition) is 1. The molecule has 1 saturated heterocycles. The molecule has 3 unspecified atom stereocenters. The van der Waals surface area contributed by atoms with Gasteiger partial charge in [0.05, 0.1) is 24.7 Å². The minimum Gasteiger partial charge on any atom is -0.778 e. The number of ether oxygens (including phenoxy) is 1. The average molecular weight is 455 g/mol. The molecule has 14 heteroatoms. The molecule has 0 saturated carbocycles. The first-order valence-corrected chi connectivity index (χ1v) is 10.6. The molecule has 0 aromatic heterocycles. The molecule has 0 aromatic rings. The molecule has 1 aliphatic rings. The fourth-order valence-corrected chi connectivity index (χ4v) is 5.90. The maximum absolute atomic E-state index is 11.5. The molecule has 1 radical (unpaired) electrons. The summed E-state index contributed by atoms with van der Waals surface area (Å²) >= 11 is 0. The number of phosphoric ester groups is 1. The van der Waals surface area contributed by atoms with E-state index in [4.69, 9.17) is 9.26 Å². The Labute approximate surface area is 153 Å². The second-order valence-corrected chi connectivity index (χ2v) is 9.88. The van der Waals surface area contributed by atoms with Crippen LogP contribution < -0.4 is 9.79 Å². The van der Waals surface area contributed by atoms with E-state index in [0.717, 1.165) is 7.11 Å². The van der Waals surface area contributed by atoms with Gasteiger partial charge < -0.3 is 33.2 Å². The number of hydrogen-bond acceptors (Lipinski definition) is 10. The normalized spacial score (nSPS) is 31.8. The summed E-state index contributed by atoms with van der Waals surface area (Å²) in [5.74, 6) is -1.09. The molecule has 0 aromatic carbocycles. The predicted molar refractivity (Wildman–Crippen MR) is 68.1 cm³/mol. The fraction of sp³-hybridized carbons (Fsp3) is 1.00. The van der Waals surface area contributed by atoms with Gasteiger partial charge in [0.1, 0.15) is 6.10 Å². The Morgan fingerprint density at radius 1 is 1.41 bits per heavy atom. The van der Waals surface area contributed by atoms with Gasteiger partial charge in [-0.25, -0.2) is 0 Å². The first-order chi connectivity index (χ1) is 9.54. The van der Waals surface area contributed by atoms with Crippen LogP contribution in [0.4, 0.5) is 0 Å². The smallest absolute Gasteiger partial charge is 0.272 e. The molecule has 22 heavy (non-hydrogen) atoms. The van der Waals surface area contributed by atoms with E-state index in [1.165, 1.54) is 0 Å². The molecule has 1 fully saturated rings. The van der Waals surface area contributed by atoms with Crippen LogP contribution in [0.1, 0.15) is 13.3 Å². The van der Waals surface area contributed by atoms with Crippen LogP contribution in [-0.4, -0.2) is 43.0 Å². The number of phosphoric acid groups is 1. The zero-order valence-electron chi connectivity index (χ0n) is 11.9. The van der Waals surface area contributed by atoms with E-state index < -0.39 is 41.6 Å². The molecule has 1 N–H and O–H groups in total. The summed E-state index contributed by atoms with van der Waals surface area (Å²) in [5, 5.41) is 9.56. The quantitative estimate of drug-likeness (QED) is 0.481. The van der Waals surface area contributed by atoms with Crippen molar-refractivity contribution in [1.82, 2.24) is 0 Å². The van der Waals surface area contributed by atoms with E-state index in [1.54, 1.807) is 6.92 Å². The van der Waals surface area contributed by atoms with Crippen molar-refractivity contribution in [1.29, 1.82) is 0 Å². The third-order valence-corrected chi connectivity index (χ3v) is 7.90. The second-order valence-electron chi connectivity index (χ2n) is 4.45. The van der Waals surface area contributed by atoms with Crippen molar-refractivity contribution in [2.45, 2.75) is 31.7 Å². The Hall–Kier alpha value is 1.51. The fourth-order valence-electron chi connectivity index (χ4n) is 1.68. The topological polar surface area (TPSA) is 154 Å². The summed E-state index contributed by atoms with van der Waals surface area (Å²) in [6.45, 7) is 1.48. The van der Waals surface area contributed by atoms with Gasteiger partial charge in [0, 0.05) is 46.2 Å². The zero-order chi connectivity index (χ0) is 16.3. The minimum atomic E-state index is -4.98. The molecule has 6 atom stereocenters. The van der Waals surface area contributed by atoms with Crippen LogP contribution in [0.5, 0.6) is 0 Å². The van der Waals surface area contributed by atoms with Gasteiger partial charge in [-0.3, -0.25) is 13.4 Å². The zero-order valence-corrected chi connectivity index (χ0v) is 17.6. The van der Waals surface area contributed by atoms with E-state index >= 15 is 0 Å². The summed E-state index contributed by atoms with van der Waals surface area (Å²) in [7, 11) is -12.3. The van der Waals surface area contributed by atoms with E-state index in [-0.39, 0.29) is 45.4 Å². The van der Waals surface area contributed by atoms with Crippen LogP contribution in [0.3, 0.4) is 0 Å². The van der Waals surface area contributed by atoms with E-state index in [1.807, 2.05) is 0 Å². The maximum atomic E-state index is 11.5.